The molecule has 0 spiro atoms. The molecule has 0 aliphatic carbocycles. The molecule has 0 fully saturated rings. The van der Waals surface area contributed by atoms with Crippen molar-refractivity contribution in [3.63, 3.8) is 0 Å². The van der Waals surface area contributed by atoms with E-state index in [9.17, 15) is 17.6 Å². The topological polar surface area (TPSA) is 81.1 Å². The summed E-state index contributed by atoms with van der Waals surface area (Å²) < 4.78 is 39.4. The zero-order chi connectivity index (χ0) is 23.0. The lowest BCUT2D eigenvalue weighted by Crippen LogP contribution is -2.24. The SMILES string of the molecule is O=C(Nc1c2c(nn1-c1ccc(F)cc1)CS(=O)(=O)C2)C(c1ccccc1)c1ccccc1. The molecule has 0 saturated carbocycles. The lowest BCUT2D eigenvalue weighted by molar-refractivity contribution is -0.116. The third kappa shape index (κ3) is 4.17. The highest BCUT2D eigenvalue weighted by atomic mass is 32.2. The van der Waals surface area contributed by atoms with Crippen LogP contribution in [0.15, 0.2) is 84.9 Å². The van der Waals surface area contributed by atoms with Crippen LogP contribution in [0, 0.1) is 5.82 Å². The normalized spacial score (nSPS) is 14.2. The monoisotopic (exact) mass is 461 g/mol. The van der Waals surface area contributed by atoms with Gasteiger partial charge in [-0.1, -0.05) is 60.7 Å². The number of anilines is 1. The minimum Gasteiger partial charge on any atom is -0.309 e. The van der Waals surface area contributed by atoms with Gasteiger partial charge in [0.2, 0.25) is 5.91 Å². The van der Waals surface area contributed by atoms with Crippen molar-refractivity contribution in [3.8, 4) is 5.69 Å². The smallest absolute Gasteiger partial charge is 0.237 e. The number of aromatic nitrogens is 2. The molecule has 1 aliphatic rings. The van der Waals surface area contributed by atoms with Gasteiger partial charge in [-0.15, -0.1) is 0 Å². The number of amides is 1. The molecule has 0 atom stereocenters. The van der Waals surface area contributed by atoms with E-state index in [4.69, 9.17) is 0 Å². The largest absolute Gasteiger partial charge is 0.309 e. The summed E-state index contributed by atoms with van der Waals surface area (Å²) in [5, 5.41) is 7.39. The van der Waals surface area contributed by atoms with Crippen LogP contribution in [0.4, 0.5) is 10.2 Å². The zero-order valence-electron chi connectivity index (χ0n) is 17.5. The Morgan fingerprint density at radius 2 is 1.45 bits per heavy atom. The van der Waals surface area contributed by atoms with Gasteiger partial charge in [-0.05, 0) is 35.4 Å². The molecular weight excluding hydrogens is 441 g/mol. The summed E-state index contributed by atoms with van der Waals surface area (Å²) in [5.74, 6) is -1.44. The van der Waals surface area contributed by atoms with Crippen molar-refractivity contribution in [2.75, 3.05) is 5.32 Å². The number of halogens is 1. The van der Waals surface area contributed by atoms with Gasteiger partial charge in [0.15, 0.2) is 9.84 Å². The summed E-state index contributed by atoms with van der Waals surface area (Å²) in [6.45, 7) is 0. The summed E-state index contributed by atoms with van der Waals surface area (Å²) >= 11 is 0. The van der Waals surface area contributed by atoms with E-state index in [1.54, 1.807) is 0 Å². The van der Waals surface area contributed by atoms with Crippen molar-refractivity contribution in [1.82, 2.24) is 9.78 Å². The van der Waals surface area contributed by atoms with Crippen LogP contribution < -0.4 is 5.32 Å². The Balaban J connectivity index is 1.59. The van der Waals surface area contributed by atoms with Gasteiger partial charge in [-0.3, -0.25) is 4.79 Å². The fourth-order valence-electron chi connectivity index (χ4n) is 4.12. The fourth-order valence-corrected chi connectivity index (χ4v) is 5.61. The van der Waals surface area contributed by atoms with Crippen LogP contribution in [0.1, 0.15) is 28.3 Å². The Kier molecular flexibility index (Phi) is 5.30. The van der Waals surface area contributed by atoms with Crippen LogP contribution >= 0.6 is 0 Å². The molecule has 1 N–H and O–H groups in total. The average molecular weight is 462 g/mol. The van der Waals surface area contributed by atoms with Gasteiger partial charge in [0, 0.05) is 5.56 Å². The minimum absolute atomic E-state index is 0.194. The van der Waals surface area contributed by atoms with E-state index in [0.29, 0.717) is 22.8 Å². The van der Waals surface area contributed by atoms with Gasteiger partial charge in [0.1, 0.15) is 11.6 Å². The molecule has 3 aromatic carbocycles. The molecule has 0 bridgehead atoms. The van der Waals surface area contributed by atoms with Crippen molar-refractivity contribution < 1.29 is 17.6 Å². The third-order valence-corrected chi connectivity index (χ3v) is 7.07. The molecule has 6 nitrogen and oxygen atoms in total. The number of hydrogen-bond donors (Lipinski definition) is 1. The van der Waals surface area contributed by atoms with Crippen LogP contribution in [0.5, 0.6) is 0 Å². The van der Waals surface area contributed by atoms with Crippen LogP contribution in [0.3, 0.4) is 0 Å². The van der Waals surface area contributed by atoms with E-state index in [2.05, 4.69) is 10.4 Å². The number of hydrogen-bond acceptors (Lipinski definition) is 4. The Hall–Kier alpha value is -3.78. The lowest BCUT2D eigenvalue weighted by Gasteiger charge is -2.19. The van der Waals surface area contributed by atoms with Crippen molar-refractivity contribution in [3.05, 3.63) is 113 Å². The first-order valence-corrected chi connectivity index (χ1v) is 12.2. The number of benzene rings is 3. The Bertz CT molecular complexity index is 1380. The standard InChI is InChI=1S/C25H20FN3O3S/c26-19-11-13-20(14-12-19)29-24(21-15-33(31,32)16-22(21)28-29)27-25(30)23(17-7-3-1-4-8-17)18-9-5-2-6-10-18/h1-14,23H,15-16H2,(H,27,30). The quantitative estimate of drug-likeness (QED) is 0.483. The first kappa shape index (κ1) is 21.1. The second-order valence-electron chi connectivity index (χ2n) is 7.94. The number of nitrogens with zero attached hydrogens (tertiary/aromatic N) is 2. The maximum absolute atomic E-state index is 13.6. The molecule has 1 amide bonds. The van der Waals surface area contributed by atoms with Crippen LogP contribution in [-0.2, 0) is 26.1 Å². The number of carbonyl (C=O) groups excluding carboxylic acids is 1. The molecule has 166 valence electrons. The second-order valence-corrected chi connectivity index (χ2v) is 10.0. The first-order valence-electron chi connectivity index (χ1n) is 10.4. The molecule has 0 radical (unpaired) electrons. The van der Waals surface area contributed by atoms with E-state index < -0.39 is 21.6 Å². The van der Waals surface area contributed by atoms with E-state index in [0.717, 1.165) is 11.1 Å². The molecule has 33 heavy (non-hydrogen) atoms. The summed E-state index contributed by atoms with van der Waals surface area (Å²) in [6.07, 6.45) is 0. The number of nitrogens with one attached hydrogen (secondary N) is 1. The molecule has 4 aromatic rings. The van der Waals surface area contributed by atoms with Crippen molar-refractivity contribution in [1.29, 1.82) is 0 Å². The molecule has 5 rings (SSSR count). The van der Waals surface area contributed by atoms with Crippen molar-refractivity contribution in [2.24, 2.45) is 0 Å². The summed E-state index contributed by atoms with van der Waals surface area (Å²) in [5.41, 5.74) is 2.99. The van der Waals surface area contributed by atoms with E-state index in [1.807, 2.05) is 60.7 Å². The maximum Gasteiger partial charge on any atom is 0.237 e. The van der Waals surface area contributed by atoms with Crippen molar-refractivity contribution in [2.45, 2.75) is 17.4 Å². The Labute approximate surface area is 190 Å². The fraction of sp³-hybridized carbons (Fsp3) is 0.120. The van der Waals surface area contributed by atoms with Crippen LogP contribution in [0.2, 0.25) is 0 Å². The van der Waals surface area contributed by atoms with Gasteiger partial charge in [0.25, 0.3) is 0 Å². The molecule has 0 saturated heterocycles. The Morgan fingerprint density at radius 1 is 0.879 bits per heavy atom. The summed E-state index contributed by atoms with van der Waals surface area (Å²) in [7, 11) is -3.34. The number of sulfone groups is 1. The minimum atomic E-state index is -3.34. The maximum atomic E-state index is 13.6. The summed E-state index contributed by atoms with van der Waals surface area (Å²) in [4.78, 5) is 13.6. The van der Waals surface area contributed by atoms with Gasteiger partial charge in [-0.2, -0.15) is 5.10 Å². The highest BCUT2D eigenvalue weighted by molar-refractivity contribution is 7.90. The molecule has 8 heteroatoms. The predicted octanol–water partition coefficient (Wildman–Crippen LogP) is 4.21. The van der Waals surface area contributed by atoms with Gasteiger partial charge >= 0.3 is 0 Å². The molecule has 1 aliphatic heterocycles. The van der Waals surface area contributed by atoms with E-state index in [1.165, 1.54) is 28.9 Å². The van der Waals surface area contributed by atoms with Gasteiger partial charge in [0.05, 0.1) is 28.8 Å². The van der Waals surface area contributed by atoms with Gasteiger partial charge in [-0.25, -0.2) is 17.5 Å². The first-order chi connectivity index (χ1) is 15.9. The third-order valence-electron chi connectivity index (χ3n) is 5.63. The van der Waals surface area contributed by atoms with Crippen molar-refractivity contribution >= 4 is 21.6 Å². The van der Waals surface area contributed by atoms with E-state index in [-0.39, 0.29) is 17.4 Å². The highest BCUT2D eigenvalue weighted by Crippen LogP contribution is 2.34. The summed E-state index contributed by atoms with van der Waals surface area (Å²) in [6, 6.07) is 24.4. The zero-order valence-corrected chi connectivity index (χ0v) is 18.3. The number of carbonyl (C=O) groups is 1. The predicted molar refractivity (Wildman–Crippen MR) is 123 cm³/mol. The molecule has 0 unspecified atom stereocenters. The van der Waals surface area contributed by atoms with Gasteiger partial charge < -0.3 is 5.32 Å². The average Bonchev–Trinajstić information content (AvgIpc) is 3.28. The molecule has 1 aromatic heterocycles. The number of fused-ring (bicyclic) bond motifs is 1. The molecule has 2 heterocycles. The van der Waals surface area contributed by atoms with E-state index >= 15 is 0 Å². The lowest BCUT2D eigenvalue weighted by atomic mass is 9.90. The number of rotatable bonds is 5. The van der Waals surface area contributed by atoms with Crippen LogP contribution in [0.25, 0.3) is 5.69 Å². The Morgan fingerprint density at radius 3 is 2.03 bits per heavy atom. The second kappa shape index (κ2) is 8.29. The highest BCUT2D eigenvalue weighted by Gasteiger charge is 2.34. The molecular formula is C25H20FN3O3S. The van der Waals surface area contributed by atoms with Crippen LogP contribution in [-0.4, -0.2) is 24.1 Å².